The monoisotopic (exact) mass is 346 g/mol. The van der Waals surface area contributed by atoms with Gasteiger partial charge in [0.05, 0.1) is 11.7 Å². The molecule has 138 valence electrons. The van der Waals surface area contributed by atoms with Crippen molar-refractivity contribution >= 4 is 11.8 Å². The second-order valence-corrected chi connectivity index (χ2v) is 7.67. The Kier molecular flexibility index (Phi) is 5.45. The molecule has 0 aromatic carbocycles. The second kappa shape index (κ2) is 7.58. The number of likely N-dealkylation sites (tertiary alicyclic amines) is 1. The molecule has 2 heterocycles. The SMILES string of the molecule is CC(=O)N[C@@H](C(=O)N1CCC[C@@H](n2nc(C)cc2C)C1)C1CCCC1. The highest BCUT2D eigenvalue weighted by atomic mass is 16.2. The molecule has 3 rings (SSSR count). The zero-order chi connectivity index (χ0) is 18.0. The van der Waals surface area contributed by atoms with Gasteiger partial charge in [-0.25, -0.2) is 0 Å². The van der Waals surface area contributed by atoms with Crippen molar-refractivity contribution in [1.29, 1.82) is 0 Å². The fraction of sp³-hybridized carbons (Fsp3) is 0.737. The van der Waals surface area contributed by atoms with Crippen LogP contribution in [0.1, 0.15) is 62.9 Å². The molecule has 2 amide bonds. The molecule has 25 heavy (non-hydrogen) atoms. The van der Waals surface area contributed by atoms with Crippen molar-refractivity contribution < 1.29 is 9.59 Å². The van der Waals surface area contributed by atoms with Gasteiger partial charge in [-0.15, -0.1) is 0 Å². The number of nitrogens with zero attached hydrogens (tertiary/aromatic N) is 3. The number of aromatic nitrogens is 2. The molecular weight excluding hydrogens is 316 g/mol. The van der Waals surface area contributed by atoms with Gasteiger partial charge in [0.2, 0.25) is 11.8 Å². The number of amides is 2. The highest BCUT2D eigenvalue weighted by Gasteiger charge is 2.36. The number of piperidine rings is 1. The Morgan fingerprint density at radius 3 is 2.52 bits per heavy atom. The van der Waals surface area contributed by atoms with Gasteiger partial charge in [0.25, 0.3) is 0 Å². The first-order valence-corrected chi connectivity index (χ1v) is 9.54. The summed E-state index contributed by atoms with van der Waals surface area (Å²) >= 11 is 0. The highest BCUT2D eigenvalue weighted by molar-refractivity contribution is 5.87. The van der Waals surface area contributed by atoms with Gasteiger partial charge in [-0.2, -0.15) is 5.10 Å². The van der Waals surface area contributed by atoms with E-state index in [2.05, 4.69) is 28.1 Å². The van der Waals surface area contributed by atoms with Gasteiger partial charge in [0, 0.05) is 25.7 Å². The fourth-order valence-corrected chi connectivity index (χ4v) is 4.46. The van der Waals surface area contributed by atoms with E-state index < -0.39 is 0 Å². The van der Waals surface area contributed by atoms with Gasteiger partial charge >= 0.3 is 0 Å². The molecule has 1 aliphatic carbocycles. The van der Waals surface area contributed by atoms with Crippen molar-refractivity contribution in [1.82, 2.24) is 20.0 Å². The topological polar surface area (TPSA) is 67.2 Å². The lowest BCUT2D eigenvalue weighted by molar-refractivity contribution is -0.139. The third-order valence-electron chi connectivity index (χ3n) is 5.59. The quantitative estimate of drug-likeness (QED) is 0.910. The minimum absolute atomic E-state index is 0.0910. The first kappa shape index (κ1) is 18.0. The molecule has 0 unspecified atom stereocenters. The molecular formula is C19H30N4O2. The molecule has 0 radical (unpaired) electrons. The van der Waals surface area contributed by atoms with E-state index in [9.17, 15) is 9.59 Å². The van der Waals surface area contributed by atoms with Crippen molar-refractivity contribution in [3.8, 4) is 0 Å². The van der Waals surface area contributed by atoms with Crippen LogP contribution >= 0.6 is 0 Å². The lowest BCUT2D eigenvalue weighted by Gasteiger charge is -2.37. The number of nitrogens with one attached hydrogen (secondary N) is 1. The van der Waals surface area contributed by atoms with Crippen LogP contribution in [-0.4, -0.2) is 45.6 Å². The van der Waals surface area contributed by atoms with E-state index in [0.717, 1.165) is 56.5 Å². The number of aryl methyl sites for hydroxylation is 2. The summed E-state index contributed by atoms with van der Waals surface area (Å²) in [7, 11) is 0. The van der Waals surface area contributed by atoms with Crippen LogP contribution in [-0.2, 0) is 9.59 Å². The highest BCUT2D eigenvalue weighted by Crippen LogP contribution is 2.30. The standard InChI is InChI=1S/C19H30N4O2/c1-13-11-14(2)23(21-13)17-9-6-10-22(12-17)19(25)18(20-15(3)24)16-7-4-5-8-16/h11,16-18H,4-10,12H2,1-3H3,(H,20,24)/t17-,18-/m1/s1. The second-order valence-electron chi connectivity index (χ2n) is 7.67. The predicted molar refractivity (Wildman–Crippen MR) is 96.1 cm³/mol. The molecule has 1 aromatic rings. The average molecular weight is 346 g/mol. The Hall–Kier alpha value is -1.85. The smallest absolute Gasteiger partial charge is 0.245 e. The first-order valence-electron chi connectivity index (χ1n) is 9.54. The predicted octanol–water partition coefficient (Wildman–Crippen LogP) is 2.36. The molecule has 0 spiro atoms. The molecule has 2 atom stereocenters. The van der Waals surface area contributed by atoms with E-state index in [1.807, 2.05) is 11.8 Å². The van der Waals surface area contributed by atoms with E-state index >= 15 is 0 Å². The van der Waals surface area contributed by atoms with E-state index in [-0.39, 0.29) is 29.8 Å². The largest absolute Gasteiger partial charge is 0.344 e. The van der Waals surface area contributed by atoms with Crippen LogP contribution < -0.4 is 5.32 Å². The van der Waals surface area contributed by atoms with Crippen LogP contribution in [0.25, 0.3) is 0 Å². The summed E-state index contributed by atoms with van der Waals surface area (Å²) in [6.07, 6.45) is 6.40. The first-order chi connectivity index (χ1) is 12.0. The third kappa shape index (κ3) is 4.05. The Labute approximate surface area is 149 Å². The Bertz CT molecular complexity index is 633. The molecule has 6 nitrogen and oxygen atoms in total. The van der Waals surface area contributed by atoms with E-state index in [4.69, 9.17) is 0 Å². The van der Waals surface area contributed by atoms with Crippen LogP contribution in [0.15, 0.2) is 6.07 Å². The van der Waals surface area contributed by atoms with Crippen LogP contribution in [0.2, 0.25) is 0 Å². The maximum atomic E-state index is 13.2. The van der Waals surface area contributed by atoms with Gasteiger partial charge in [-0.1, -0.05) is 12.8 Å². The maximum absolute atomic E-state index is 13.2. The lowest BCUT2D eigenvalue weighted by Crippen LogP contribution is -2.53. The molecule has 2 aliphatic rings. The molecule has 6 heteroatoms. The number of carbonyl (C=O) groups is 2. The molecule has 1 aliphatic heterocycles. The fourth-order valence-electron chi connectivity index (χ4n) is 4.46. The van der Waals surface area contributed by atoms with Crippen molar-refractivity contribution in [2.75, 3.05) is 13.1 Å². The van der Waals surface area contributed by atoms with Crippen molar-refractivity contribution in [3.63, 3.8) is 0 Å². The number of rotatable bonds is 4. The molecule has 2 fully saturated rings. The van der Waals surface area contributed by atoms with E-state index in [1.165, 1.54) is 6.92 Å². The van der Waals surface area contributed by atoms with Gasteiger partial charge in [-0.3, -0.25) is 14.3 Å². The van der Waals surface area contributed by atoms with Crippen LogP contribution in [0.3, 0.4) is 0 Å². The number of hydrogen-bond donors (Lipinski definition) is 1. The third-order valence-corrected chi connectivity index (χ3v) is 5.59. The van der Waals surface area contributed by atoms with Crippen LogP contribution in [0.4, 0.5) is 0 Å². The normalized spacial score (nSPS) is 22.8. The zero-order valence-corrected chi connectivity index (χ0v) is 15.6. The van der Waals surface area contributed by atoms with Crippen molar-refractivity contribution in [2.24, 2.45) is 5.92 Å². The molecule has 1 saturated carbocycles. The molecule has 0 bridgehead atoms. The molecule has 1 aromatic heterocycles. The summed E-state index contributed by atoms with van der Waals surface area (Å²) in [5.41, 5.74) is 2.16. The number of hydrogen-bond acceptors (Lipinski definition) is 3. The average Bonchev–Trinajstić information content (AvgIpc) is 3.21. The summed E-state index contributed by atoms with van der Waals surface area (Å²) in [5, 5.41) is 7.54. The zero-order valence-electron chi connectivity index (χ0n) is 15.6. The molecule has 1 saturated heterocycles. The maximum Gasteiger partial charge on any atom is 0.245 e. The summed E-state index contributed by atoms with van der Waals surface area (Å²) in [6, 6.07) is 1.95. The summed E-state index contributed by atoms with van der Waals surface area (Å²) < 4.78 is 2.07. The van der Waals surface area contributed by atoms with E-state index in [1.54, 1.807) is 0 Å². The lowest BCUT2D eigenvalue weighted by atomic mass is 9.95. The van der Waals surface area contributed by atoms with Crippen LogP contribution in [0.5, 0.6) is 0 Å². The molecule has 1 N–H and O–H groups in total. The van der Waals surface area contributed by atoms with Gasteiger partial charge in [0.1, 0.15) is 6.04 Å². The van der Waals surface area contributed by atoms with Gasteiger partial charge in [-0.05, 0) is 51.5 Å². The Balaban J connectivity index is 1.73. The van der Waals surface area contributed by atoms with Gasteiger partial charge < -0.3 is 10.2 Å². The number of carbonyl (C=O) groups excluding carboxylic acids is 2. The van der Waals surface area contributed by atoms with E-state index in [0.29, 0.717) is 6.54 Å². The minimum atomic E-state index is -0.362. The van der Waals surface area contributed by atoms with Gasteiger partial charge in [0.15, 0.2) is 0 Å². The summed E-state index contributed by atoms with van der Waals surface area (Å²) in [6.45, 7) is 7.03. The summed E-state index contributed by atoms with van der Waals surface area (Å²) in [5.74, 6) is 0.260. The van der Waals surface area contributed by atoms with Crippen LogP contribution in [0, 0.1) is 19.8 Å². The Morgan fingerprint density at radius 2 is 1.92 bits per heavy atom. The van der Waals surface area contributed by atoms with Crippen molar-refractivity contribution in [3.05, 3.63) is 17.5 Å². The van der Waals surface area contributed by atoms with Crippen molar-refractivity contribution in [2.45, 2.75) is 71.4 Å². The summed E-state index contributed by atoms with van der Waals surface area (Å²) in [4.78, 5) is 26.8. The minimum Gasteiger partial charge on any atom is -0.344 e. The Morgan fingerprint density at radius 1 is 1.20 bits per heavy atom.